The fourth-order valence-corrected chi connectivity index (χ4v) is 4.82. The molecule has 0 unspecified atom stereocenters. The van der Waals surface area contributed by atoms with Crippen LogP contribution >= 0.6 is 22.9 Å². The average Bonchev–Trinajstić information content (AvgIpc) is 3.06. The van der Waals surface area contributed by atoms with Crippen molar-refractivity contribution in [3.05, 3.63) is 39.6 Å². The fraction of sp³-hybridized carbons (Fsp3) is 0.421. The van der Waals surface area contributed by atoms with Gasteiger partial charge in [0.1, 0.15) is 17.3 Å². The number of imidazole rings is 1. The lowest BCUT2D eigenvalue weighted by molar-refractivity contribution is 0.461. The number of rotatable bonds is 3. The second-order valence-electron chi connectivity index (χ2n) is 6.77. The molecule has 0 bridgehead atoms. The van der Waals surface area contributed by atoms with Crippen LogP contribution in [0.15, 0.2) is 18.2 Å². The third kappa shape index (κ3) is 3.04. The molecule has 2 aromatic heterocycles. The number of thiazole rings is 1. The predicted molar refractivity (Wildman–Crippen MR) is 103 cm³/mol. The molecule has 0 radical (unpaired) electrons. The Morgan fingerprint density at radius 3 is 2.72 bits per heavy atom. The van der Waals surface area contributed by atoms with Crippen LogP contribution in [0, 0.1) is 19.7 Å². The summed E-state index contributed by atoms with van der Waals surface area (Å²) in [5.41, 5.74) is 2.77. The molecule has 0 amide bonds. The van der Waals surface area contributed by atoms with Gasteiger partial charge in [-0.1, -0.05) is 30.9 Å². The van der Waals surface area contributed by atoms with Gasteiger partial charge in [-0.15, -0.1) is 11.3 Å². The number of halogens is 2. The lowest BCUT2D eigenvalue weighted by atomic mass is 9.95. The zero-order valence-electron chi connectivity index (χ0n) is 14.4. The molecule has 1 saturated carbocycles. The Hall–Kier alpha value is -1.59. The molecule has 0 aliphatic heterocycles. The third-order valence-electron chi connectivity index (χ3n) is 5.07. The monoisotopic (exact) mass is 377 g/mol. The van der Waals surface area contributed by atoms with Gasteiger partial charge >= 0.3 is 0 Å². The average molecular weight is 378 g/mol. The molecule has 25 heavy (non-hydrogen) atoms. The van der Waals surface area contributed by atoms with Crippen LogP contribution in [0.3, 0.4) is 0 Å². The number of benzene rings is 1. The first-order valence-electron chi connectivity index (χ1n) is 8.75. The minimum atomic E-state index is -0.330. The minimum absolute atomic E-state index is 0.330. The molecule has 1 aromatic carbocycles. The number of nitrogens with zero attached hydrogens (tertiary/aromatic N) is 2. The lowest BCUT2D eigenvalue weighted by Gasteiger charge is -2.24. The standard InChI is InChI=1S/C19H21ClFN3S/c1-11-12(2)25-19-23-17(15-9-8-13(21)10-16(15)20)18(24(11)19)22-14-6-4-3-5-7-14/h8-10,14,22H,3-7H2,1-2H3. The molecule has 0 spiro atoms. The van der Waals surface area contributed by atoms with Gasteiger partial charge in [-0.3, -0.25) is 4.40 Å². The quantitative estimate of drug-likeness (QED) is 0.587. The minimum Gasteiger partial charge on any atom is -0.367 e. The van der Waals surface area contributed by atoms with Gasteiger partial charge in [0, 0.05) is 22.2 Å². The molecule has 4 rings (SSSR count). The maximum atomic E-state index is 13.5. The summed E-state index contributed by atoms with van der Waals surface area (Å²) in [5.74, 6) is 0.654. The van der Waals surface area contributed by atoms with E-state index in [1.807, 2.05) is 0 Å². The molecular formula is C19H21ClFN3S. The van der Waals surface area contributed by atoms with E-state index in [9.17, 15) is 4.39 Å². The Morgan fingerprint density at radius 1 is 1.24 bits per heavy atom. The molecule has 3 nitrogen and oxygen atoms in total. The highest BCUT2D eigenvalue weighted by Gasteiger charge is 2.23. The summed E-state index contributed by atoms with van der Waals surface area (Å²) in [6, 6.07) is 4.97. The van der Waals surface area contributed by atoms with Crippen molar-refractivity contribution in [1.82, 2.24) is 9.38 Å². The number of anilines is 1. The van der Waals surface area contributed by atoms with Crippen molar-refractivity contribution in [2.45, 2.75) is 52.0 Å². The lowest BCUT2D eigenvalue weighted by Crippen LogP contribution is -2.23. The van der Waals surface area contributed by atoms with Crippen molar-refractivity contribution in [1.29, 1.82) is 0 Å². The van der Waals surface area contributed by atoms with Crippen LogP contribution in [0.4, 0.5) is 10.2 Å². The highest BCUT2D eigenvalue weighted by molar-refractivity contribution is 7.17. The van der Waals surface area contributed by atoms with E-state index >= 15 is 0 Å². The third-order valence-corrected chi connectivity index (χ3v) is 6.44. The van der Waals surface area contributed by atoms with E-state index in [0.717, 1.165) is 22.0 Å². The number of aromatic nitrogens is 2. The second-order valence-corrected chi connectivity index (χ2v) is 8.36. The molecule has 0 saturated heterocycles. The Kier molecular flexibility index (Phi) is 4.46. The first kappa shape index (κ1) is 16.9. The molecule has 3 aromatic rings. The summed E-state index contributed by atoms with van der Waals surface area (Å²) in [6.45, 7) is 4.23. The normalized spacial score (nSPS) is 15.8. The highest BCUT2D eigenvalue weighted by Crippen LogP contribution is 2.38. The van der Waals surface area contributed by atoms with Gasteiger partial charge in [0.25, 0.3) is 0 Å². The van der Waals surface area contributed by atoms with E-state index in [-0.39, 0.29) is 5.82 Å². The molecule has 0 atom stereocenters. The van der Waals surface area contributed by atoms with Gasteiger partial charge in [-0.25, -0.2) is 9.37 Å². The van der Waals surface area contributed by atoms with Crippen LogP contribution in [-0.2, 0) is 0 Å². The number of fused-ring (bicyclic) bond motifs is 1. The molecular weight excluding hydrogens is 357 g/mol. The molecule has 132 valence electrons. The highest BCUT2D eigenvalue weighted by atomic mass is 35.5. The largest absolute Gasteiger partial charge is 0.367 e. The van der Waals surface area contributed by atoms with Crippen LogP contribution in [0.2, 0.25) is 5.02 Å². The van der Waals surface area contributed by atoms with E-state index in [4.69, 9.17) is 16.6 Å². The molecule has 1 aliphatic carbocycles. The van der Waals surface area contributed by atoms with E-state index in [2.05, 4.69) is 23.6 Å². The van der Waals surface area contributed by atoms with Gasteiger partial charge < -0.3 is 5.32 Å². The molecule has 1 aliphatic rings. The van der Waals surface area contributed by atoms with Gasteiger partial charge in [0.2, 0.25) is 0 Å². The zero-order chi connectivity index (χ0) is 17.6. The Labute approximate surface area is 155 Å². The summed E-state index contributed by atoms with van der Waals surface area (Å²) < 4.78 is 15.7. The van der Waals surface area contributed by atoms with Crippen LogP contribution in [0.25, 0.3) is 16.2 Å². The molecule has 6 heteroatoms. The Balaban J connectivity index is 1.86. The van der Waals surface area contributed by atoms with Gasteiger partial charge in [-0.2, -0.15) is 0 Å². The summed E-state index contributed by atoms with van der Waals surface area (Å²) in [5, 5.41) is 4.12. The van der Waals surface area contributed by atoms with E-state index in [1.54, 1.807) is 17.4 Å². The number of nitrogens with one attached hydrogen (secondary N) is 1. The van der Waals surface area contributed by atoms with E-state index in [1.165, 1.54) is 54.8 Å². The van der Waals surface area contributed by atoms with Crippen molar-refractivity contribution in [3.8, 4) is 11.3 Å². The molecule has 2 heterocycles. The fourth-order valence-electron chi connectivity index (χ4n) is 3.59. The van der Waals surface area contributed by atoms with Crippen LogP contribution in [-0.4, -0.2) is 15.4 Å². The van der Waals surface area contributed by atoms with Gasteiger partial charge in [0.15, 0.2) is 4.96 Å². The first-order valence-corrected chi connectivity index (χ1v) is 9.94. The SMILES string of the molecule is Cc1sc2nc(-c3ccc(F)cc3Cl)c(NC3CCCCC3)n2c1C. The summed E-state index contributed by atoms with van der Waals surface area (Å²) in [6.07, 6.45) is 6.17. The van der Waals surface area contributed by atoms with Crippen LogP contribution in [0.5, 0.6) is 0 Å². The topological polar surface area (TPSA) is 29.3 Å². The maximum Gasteiger partial charge on any atom is 0.196 e. The number of hydrogen-bond donors (Lipinski definition) is 1. The Morgan fingerprint density at radius 2 is 2.00 bits per heavy atom. The summed E-state index contributed by atoms with van der Waals surface area (Å²) in [4.78, 5) is 7.04. The van der Waals surface area contributed by atoms with Crippen molar-refractivity contribution < 1.29 is 4.39 Å². The summed E-state index contributed by atoms with van der Waals surface area (Å²) >= 11 is 8.00. The summed E-state index contributed by atoms with van der Waals surface area (Å²) in [7, 11) is 0. The van der Waals surface area contributed by atoms with Crippen molar-refractivity contribution in [3.63, 3.8) is 0 Å². The Bertz CT molecular complexity index is 925. The second kappa shape index (κ2) is 6.61. The molecule has 1 fully saturated rings. The van der Waals surface area contributed by atoms with E-state index in [0.29, 0.717) is 11.1 Å². The van der Waals surface area contributed by atoms with Crippen molar-refractivity contribution >= 4 is 33.7 Å². The smallest absolute Gasteiger partial charge is 0.196 e. The maximum absolute atomic E-state index is 13.5. The first-order chi connectivity index (χ1) is 12.0. The zero-order valence-corrected chi connectivity index (χ0v) is 16.0. The molecule has 1 N–H and O–H groups in total. The van der Waals surface area contributed by atoms with Crippen molar-refractivity contribution in [2.75, 3.05) is 5.32 Å². The number of aryl methyl sites for hydroxylation is 2. The van der Waals surface area contributed by atoms with E-state index < -0.39 is 0 Å². The van der Waals surface area contributed by atoms with Gasteiger partial charge in [0.05, 0.1) is 5.02 Å². The van der Waals surface area contributed by atoms with Crippen LogP contribution in [0.1, 0.15) is 42.7 Å². The number of hydrogen-bond acceptors (Lipinski definition) is 3. The van der Waals surface area contributed by atoms with Crippen LogP contribution < -0.4 is 5.32 Å². The van der Waals surface area contributed by atoms with Crippen molar-refractivity contribution in [2.24, 2.45) is 0 Å². The predicted octanol–water partition coefficient (Wildman–Crippen LogP) is 6.22. The van der Waals surface area contributed by atoms with Gasteiger partial charge in [-0.05, 0) is 44.9 Å².